The van der Waals surface area contributed by atoms with Crippen LogP contribution in [-0.2, 0) is 23.7 Å². The number of nitrogen functional groups attached to an aromatic ring is 1. The summed E-state index contributed by atoms with van der Waals surface area (Å²) in [5, 5.41) is 15.7. The molecule has 1 aliphatic heterocycles. The van der Waals surface area contributed by atoms with Crippen LogP contribution in [0, 0.1) is 5.92 Å². The Bertz CT molecular complexity index is 889. The Balaban J connectivity index is 1.73. The van der Waals surface area contributed by atoms with Gasteiger partial charge < -0.3 is 35.1 Å². The SMILES string of the molecule is CCOC1OC(C(=O)Nc2ccccc2N)=CC(c2ccsc2)C1CCOCCOCCO. The maximum absolute atomic E-state index is 13.0. The molecule has 0 saturated carbocycles. The summed E-state index contributed by atoms with van der Waals surface area (Å²) in [5.41, 5.74) is 8.09. The van der Waals surface area contributed by atoms with E-state index in [1.165, 1.54) is 0 Å². The zero-order valence-corrected chi connectivity index (χ0v) is 19.6. The number of benzene rings is 1. The number of para-hydroxylation sites is 2. The minimum Gasteiger partial charge on any atom is -0.459 e. The van der Waals surface area contributed by atoms with Gasteiger partial charge in [-0.25, -0.2) is 0 Å². The molecule has 1 amide bonds. The van der Waals surface area contributed by atoms with Crippen molar-refractivity contribution in [2.24, 2.45) is 5.92 Å². The van der Waals surface area contributed by atoms with E-state index in [-0.39, 0.29) is 30.1 Å². The number of carbonyl (C=O) groups excluding carboxylic acids is 1. The van der Waals surface area contributed by atoms with E-state index < -0.39 is 6.29 Å². The van der Waals surface area contributed by atoms with Gasteiger partial charge in [0.2, 0.25) is 6.29 Å². The van der Waals surface area contributed by atoms with Gasteiger partial charge in [0.15, 0.2) is 5.76 Å². The number of thiophene rings is 1. The average Bonchev–Trinajstić information content (AvgIpc) is 3.35. The lowest BCUT2D eigenvalue weighted by Crippen LogP contribution is -2.38. The number of hydrogen-bond acceptors (Lipinski definition) is 8. The zero-order chi connectivity index (χ0) is 23.5. The van der Waals surface area contributed by atoms with Crippen LogP contribution < -0.4 is 11.1 Å². The van der Waals surface area contributed by atoms with E-state index in [1.54, 1.807) is 23.5 Å². The number of aliphatic hydroxyl groups excluding tert-OH is 1. The van der Waals surface area contributed by atoms with Crippen molar-refractivity contribution in [2.75, 3.05) is 50.7 Å². The molecule has 0 aliphatic carbocycles. The Morgan fingerprint density at radius 2 is 1.97 bits per heavy atom. The summed E-state index contributed by atoms with van der Waals surface area (Å²) in [6.45, 7) is 4.02. The monoisotopic (exact) mass is 476 g/mol. The first-order chi connectivity index (χ1) is 16.1. The van der Waals surface area contributed by atoms with Crippen molar-refractivity contribution >= 4 is 28.6 Å². The molecule has 0 fully saturated rings. The van der Waals surface area contributed by atoms with Crippen LogP contribution in [0.15, 0.2) is 52.9 Å². The summed E-state index contributed by atoms with van der Waals surface area (Å²) >= 11 is 1.61. The Morgan fingerprint density at radius 1 is 1.18 bits per heavy atom. The highest BCUT2D eigenvalue weighted by molar-refractivity contribution is 7.08. The highest BCUT2D eigenvalue weighted by atomic mass is 32.1. The van der Waals surface area contributed by atoms with Crippen LogP contribution in [0.3, 0.4) is 0 Å². The molecule has 1 aliphatic rings. The van der Waals surface area contributed by atoms with E-state index in [2.05, 4.69) is 16.8 Å². The van der Waals surface area contributed by atoms with Gasteiger partial charge in [0.25, 0.3) is 5.91 Å². The molecule has 3 atom stereocenters. The van der Waals surface area contributed by atoms with E-state index >= 15 is 0 Å². The van der Waals surface area contributed by atoms with Gasteiger partial charge in [0.1, 0.15) is 0 Å². The van der Waals surface area contributed by atoms with Crippen LogP contribution in [-0.4, -0.2) is 56.9 Å². The van der Waals surface area contributed by atoms with Gasteiger partial charge in [-0.3, -0.25) is 4.79 Å². The molecule has 9 heteroatoms. The minimum atomic E-state index is -0.590. The number of amides is 1. The third-order valence-corrected chi connectivity index (χ3v) is 5.98. The lowest BCUT2D eigenvalue weighted by atomic mass is 9.82. The number of ether oxygens (including phenoxy) is 4. The number of aliphatic hydroxyl groups is 1. The van der Waals surface area contributed by atoms with Crippen LogP contribution in [0.25, 0.3) is 0 Å². The normalized spacial score (nSPS) is 20.2. The lowest BCUT2D eigenvalue weighted by Gasteiger charge is -2.36. The molecule has 1 aromatic carbocycles. The highest BCUT2D eigenvalue weighted by Gasteiger charge is 2.38. The number of carbonyl (C=O) groups is 1. The number of hydrogen-bond donors (Lipinski definition) is 3. The second-order valence-electron chi connectivity index (χ2n) is 7.50. The number of rotatable bonds is 13. The van der Waals surface area contributed by atoms with E-state index in [9.17, 15) is 4.79 Å². The molecule has 0 bridgehead atoms. The first-order valence-electron chi connectivity index (χ1n) is 11.1. The predicted molar refractivity (Wildman–Crippen MR) is 128 cm³/mol. The van der Waals surface area contributed by atoms with Crippen LogP contribution >= 0.6 is 11.3 Å². The number of nitrogens with one attached hydrogen (secondary N) is 1. The topological polar surface area (TPSA) is 112 Å². The quantitative estimate of drug-likeness (QED) is 0.300. The number of nitrogens with two attached hydrogens (primary N) is 1. The number of anilines is 2. The molecular formula is C24H32N2O6S. The van der Waals surface area contributed by atoms with Crippen molar-refractivity contribution < 1.29 is 28.8 Å². The third-order valence-electron chi connectivity index (χ3n) is 5.28. The van der Waals surface area contributed by atoms with Gasteiger partial charge >= 0.3 is 0 Å². The molecule has 0 radical (unpaired) electrons. The second-order valence-corrected chi connectivity index (χ2v) is 8.28. The fourth-order valence-electron chi connectivity index (χ4n) is 3.68. The van der Waals surface area contributed by atoms with Gasteiger partial charge in [0, 0.05) is 25.0 Å². The van der Waals surface area contributed by atoms with Crippen molar-refractivity contribution in [1.82, 2.24) is 0 Å². The Hall–Kier alpha value is -2.43. The summed E-state index contributed by atoms with van der Waals surface area (Å²) in [7, 11) is 0. The average molecular weight is 477 g/mol. The molecule has 8 nitrogen and oxygen atoms in total. The molecule has 2 heterocycles. The Kier molecular flexibility index (Phi) is 10.2. The van der Waals surface area contributed by atoms with Gasteiger partial charge in [0.05, 0.1) is 37.8 Å². The van der Waals surface area contributed by atoms with Gasteiger partial charge in [-0.2, -0.15) is 11.3 Å². The molecule has 33 heavy (non-hydrogen) atoms. The lowest BCUT2D eigenvalue weighted by molar-refractivity contribution is -0.166. The Labute approximate surface area is 198 Å². The molecule has 2 aromatic rings. The molecule has 4 N–H and O–H groups in total. The van der Waals surface area contributed by atoms with Crippen LogP contribution in [0.2, 0.25) is 0 Å². The summed E-state index contributed by atoms with van der Waals surface area (Å²) in [5.74, 6) is -0.253. The van der Waals surface area contributed by atoms with E-state index in [4.69, 9.17) is 29.8 Å². The maximum Gasteiger partial charge on any atom is 0.290 e. The van der Waals surface area contributed by atoms with Crippen molar-refractivity contribution in [1.29, 1.82) is 0 Å². The predicted octanol–water partition coefficient (Wildman–Crippen LogP) is 3.36. The molecule has 180 valence electrons. The molecule has 3 unspecified atom stereocenters. The molecule has 0 saturated heterocycles. The summed E-state index contributed by atoms with van der Waals surface area (Å²) in [4.78, 5) is 13.0. The maximum atomic E-state index is 13.0. The summed E-state index contributed by atoms with van der Waals surface area (Å²) < 4.78 is 22.9. The van der Waals surface area contributed by atoms with E-state index in [0.29, 0.717) is 50.8 Å². The first kappa shape index (κ1) is 25.2. The van der Waals surface area contributed by atoms with E-state index in [0.717, 1.165) is 5.56 Å². The van der Waals surface area contributed by atoms with Gasteiger partial charge in [-0.1, -0.05) is 12.1 Å². The molecule has 3 rings (SSSR count). The van der Waals surface area contributed by atoms with Crippen molar-refractivity contribution in [3.8, 4) is 0 Å². The fraction of sp³-hybridized carbons (Fsp3) is 0.458. The van der Waals surface area contributed by atoms with Crippen LogP contribution in [0.1, 0.15) is 24.8 Å². The minimum absolute atomic E-state index is 0.00309. The van der Waals surface area contributed by atoms with Gasteiger partial charge in [-0.05, 0) is 53.9 Å². The largest absolute Gasteiger partial charge is 0.459 e. The van der Waals surface area contributed by atoms with Crippen molar-refractivity contribution in [3.63, 3.8) is 0 Å². The zero-order valence-electron chi connectivity index (χ0n) is 18.8. The van der Waals surface area contributed by atoms with Crippen molar-refractivity contribution in [3.05, 3.63) is 58.5 Å². The third kappa shape index (κ3) is 7.28. The molecule has 0 spiro atoms. The fourth-order valence-corrected chi connectivity index (χ4v) is 4.39. The van der Waals surface area contributed by atoms with E-state index in [1.807, 2.05) is 30.5 Å². The Morgan fingerprint density at radius 3 is 2.67 bits per heavy atom. The van der Waals surface area contributed by atoms with Crippen LogP contribution in [0.4, 0.5) is 11.4 Å². The standard InChI is InChI=1S/C24H32N2O6S/c1-2-31-24-18(7-10-29-12-13-30-11-9-27)19(17-8-14-33-16-17)15-22(32-24)23(28)26-21-6-4-3-5-20(21)25/h3-6,8,14-16,18-19,24,27H,2,7,9-13,25H2,1H3,(H,26,28). The van der Waals surface area contributed by atoms with Crippen LogP contribution in [0.5, 0.6) is 0 Å². The summed E-state index contributed by atoms with van der Waals surface area (Å²) in [6.07, 6.45) is 1.96. The smallest absolute Gasteiger partial charge is 0.290 e. The first-order valence-corrected chi connectivity index (χ1v) is 12.0. The van der Waals surface area contributed by atoms with Gasteiger partial charge in [-0.15, -0.1) is 0 Å². The van der Waals surface area contributed by atoms with Crippen molar-refractivity contribution in [2.45, 2.75) is 25.6 Å². The second kappa shape index (κ2) is 13.3. The highest BCUT2D eigenvalue weighted by Crippen LogP contribution is 2.39. The molecular weight excluding hydrogens is 444 g/mol. The molecule has 1 aromatic heterocycles. The summed E-state index contributed by atoms with van der Waals surface area (Å²) in [6, 6.07) is 9.15. The number of allylic oxidation sites excluding steroid dienone is 1.